The van der Waals surface area contributed by atoms with Gasteiger partial charge in [0.2, 0.25) is 0 Å². The Labute approximate surface area is 172 Å². The van der Waals surface area contributed by atoms with Crippen LogP contribution in [0.15, 0.2) is 47.8 Å². The van der Waals surface area contributed by atoms with Gasteiger partial charge in [0.15, 0.2) is 10.9 Å². The molecule has 146 valence electrons. The first kappa shape index (κ1) is 19.0. The third kappa shape index (κ3) is 3.52. The summed E-state index contributed by atoms with van der Waals surface area (Å²) in [6.45, 7) is 1.52. The van der Waals surface area contributed by atoms with E-state index in [1.54, 1.807) is 7.11 Å². The molecule has 1 amide bonds. The van der Waals surface area contributed by atoms with Gasteiger partial charge < -0.3 is 15.0 Å². The Morgan fingerprint density at radius 1 is 1.36 bits per heavy atom. The molecule has 1 N–H and O–H groups in total. The van der Waals surface area contributed by atoms with E-state index in [-0.39, 0.29) is 11.9 Å². The predicted octanol–water partition coefficient (Wildman–Crippen LogP) is 3.73. The Morgan fingerprint density at radius 2 is 2.21 bits per heavy atom. The number of hydrogen-bond acceptors (Lipinski definition) is 5. The van der Waals surface area contributed by atoms with Gasteiger partial charge in [-0.25, -0.2) is 4.98 Å². The van der Waals surface area contributed by atoms with Crippen molar-refractivity contribution in [2.24, 2.45) is 0 Å². The molecule has 6 nitrogen and oxygen atoms in total. The van der Waals surface area contributed by atoms with Crippen molar-refractivity contribution in [3.63, 3.8) is 0 Å². The van der Waals surface area contributed by atoms with Crippen molar-refractivity contribution >= 4 is 40.5 Å². The zero-order valence-corrected chi connectivity index (χ0v) is 17.3. The molecule has 0 spiro atoms. The summed E-state index contributed by atoms with van der Waals surface area (Å²) in [6.07, 6.45) is 4.73. The Bertz CT molecular complexity index is 1020. The predicted molar refractivity (Wildman–Crippen MR) is 113 cm³/mol. The summed E-state index contributed by atoms with van der Waals surface area (Å²) < 4.78 is 7.40. The lowest BCUT2D eigenvalue weighted by Gasteiger charge is -2.21. The second kappa shape index (κ2) is 7.93. The molecule has 0 bridgehead atoms. The standard InChI is InChI=1S/C20H21ClN4O2S/c1-27-17-7-6-13(21)11-16(17)24-10-8-14(12-24)22-19(26)18-15-5-3-4-9-25(15)20(23-18)28-2/h3-7,9,11,14H,8,10,12H2,1-2H3,(H,22,26)/t14-/m1/s1. The highest BCUT2D eigenvalue weighted by Gasteiger charge is 2.28. The van der Waals surface area contributed by atoms with Crippen molar-refractivity contribution < 1.29 is 9.53 Å². The topological polar surface area (TPSA) is 58.9 Å². The van der Waals surface area contributed by atoms with Crippen molar-refractivity contribution in [1.29, 1.82) is 0 Å². The SMILES string of the molecule is COc1ccc(Cl)cc1N1CC[C@@H](NC(=O)c2nc(SC)n3ccccc23)C1. The van der Waals surface area contributed by atoms with Crippen LogP contribution in [0.4, 0.5) is 5.69 Å². The Morgan fingerprint density at radius 3 is 3.00 bits per heavy atom. The number of halogens is 1. The number of pyridine rings is 1. The highest BCUT2D eigenvalue weighted by Crippen LogP contribution is 2.33. The molecule has 1 atom stereocenters. The smallest absolute Gasteiger partial charge is 0.272 e. The van der Waals surface area contributed by atoms with Crippen molar-refractivity contribution in [3.05, 3.63) is 53.3 Å². The lowest BCUT2D eigenvalue weighted by atomic mass is 10.2. The number of thioether (sulfide) groups is 1. The highest BCUT2D eigenvalue weighted by atomic mass is 35.5. The number of anilines is 1. The van der Waals surface area contributed by atoms with E-state index < -0.39 is 0 Å². The quantitative estimate of drug-likeness (QED) is 0.642. The number of aromatic nitrogens is 2. The third-order valence-corrected chi connectivity index (χ3v) is 5.81. The third-order valence-electron chi connectivity index (χ3n) is 4.92. The summed E-state index contributed by atoms with van der Waals surface area (Å²) in [5, 5.41) is 4.60. The number of rotatable bonds is 5. The largest absolute Gasteiger partial charge is 0.495 e. The Balaban J connectivity index is 1.51. The van der Waals surface area contributed by atoms with Gasteiger partial charge in [-0.15, -0.1) is 0 Å². The van der Waals surface area contributed by atoms with Gasteiger partial charge in [0.25, 0.3) is 5.91 Å². The maximum absolute atomic E-state index is 12.9. The Hall–Kier alpha value is -2.38. The van der Waals surface area contributed by atoms with E-state index in [0.717, 1.165) is 35.1 Å². The van der Waals surface area contributed by atoms with E-state index in [1.165, 1.54) is 11.8 Å². The molecule has 8 heteroatoms. The van der Waals surface area contributed by atoms with Gasteiger partial charge in [-0.05, 0) is 43.0 Å². The maximum Gasteiger partial charge on any atom is 0.272 e. The van der Waals surface area contributed by atoms with Crippen LogP contribution in [0.1, 0.15) is 16.9 Å². The zero-order valence-electron chi connectivity index (χ0n) is 15.7. The molecule has 0 saturated carbocycles. The van der Waals surface area contributed by atoms with Gasteiger partial charge in [-0.1, -0.05) is 29.4 Å². The zero-order chi connectivity index (χ0) is 19.7. The summed E-state index contributed by atoms with van der Waals surface area (Å²) in [7, 11) is 1.65. The first-order valence-electron chi connectivity index (χ1n) is 9.01. The summed E-state index contributed by atoms with van der Waals surface area (Å²) in [5.74, 6) is 0.634. The van der Waals surface area contributed by atoms with Gasteiger partial charge in [0.05, 0.1) is 18.3 Å². The van der Waals surface area contributed by atoms with Crippen LogP contribution in [0.25, 0.3) is 5.52 Å². The molecular weight excluding hydrogens is 396 g/mol. The number of carbonyl (C=O) groups is 1. The lowest BCUT2D eigenvalue weighted by molar-refractivity contribution is 0.0937. The number of amides is 1. The van der Waals surface area contributed by atoms with Crippen molar-refractivity contribution in [2.75, 3.05) is 31.4 Å². The van der Waals surface area contributed by atoms with Crippen LogP contribution in [0.2, 0.25) is 5.02 Å². The molecule has 3 aromatic rings. The fourth-order valence-corrected chi connectivity index (χ4v) is 4.29. The lowest BCUT2D eigenvalue weighted by Crippen LogP contribution is -2.37. The molecule has 4 rings (SSSR count). The van der Waals surface area contributed by atoms with Gasteiger partial charge >= 0.3 is 0 Å². The van der Waals surface area contributed by atoms with Crippen LogP contribution in [0.3, 0.4) is 0 Å². The van der Waals surface area contributed by atoms with Crippen LogP contribution in [-0.4, -0.2) is 47.8 Å². The average molecular weight is 417 g/mol. The molecule has 28 heavy (non-hydrogen) atoms. The van der Waals surface area contributed by atoms with Crippen LogP contribution in [0.5, 0.6) is 5.75 Å². The summed E-state index contributed by atoms with van der Waals surface area (Å²) in [5.41, 5.74) is 2.23. The number of imidazole rings is 1. The number of fused-ring (bicyclic) bond motifs is 1. The molecule has 2 aromatic heterocycles. The van der Waals surface area contributed by atoms with E-state index in [0.29, 0.717) is 17.3 Å². The second-order valence-electron chi connectivity index (χ2n) is 6.62. The molecule has 1 fully saturated rings. The number of hydrogen-bond donors (Lipinski definition) is 1. The van der Waals surface area contributed by atoms with Crippen LogP contribution in [-0.2, 0) is 0 Å². The minimum Gasteiger partial charge on any atom is -0.495 e. The molecule has 1 aliphatic heterocycles. The Kier molecular flexibility index (Phi) is 5.37. The summed E-state index contributed by atoms with van der Waals surface area (Å²) >= 11 is 7.68. The second-order valence-corrected chi connectivity index (χ2v) is 7.83. The van der Waals surface area contributed by atoms with E-state index in [4.69, 9.17) is 16.3 Å². The van der Waals surface area contributed by atoms with Crippen molar-refractivity contribution in [3.8, 4) is 5.75 Å². The monoisotopic (exact) mass is 416 g/mol. The van der Waals surface area contributed by atoms with Gasteiger partial charge in [0, 0.05) is 30.4 Å². The van der Waals surface area contributed by atoms with E-state index in [9.17, 15) is 4.79 Å². The average Bonchev–Trinajstić information content (AvgIpc) is 3.32. The number of nitrogens with one attached hydrogen (secondary N) is 1. The summed E-state index contributed by atoms with van der Waals surface area (Å²) in [6, 6.07) is 11.4. The number of benzene rings is 1. The normalized spacial score (nSPS) is 16.5. The van der Waals surface area contributed by atoms with Crippen molar-refractivity contribution in [2.45, 2.75) is 17.6 Å². The first-order chi connectivity index (χ1) is 13.6. The van der Waals surface area contributed by atoms with Gasteiger partial charge in [-0.3, -0.25) is 9.20 Å². The van der Waals surface area contributed by atoms with E-state index in [1.807, 2.05) is 53.3 Å². The summed E-state index contributed by atoms with van der Waals surface area (Å²) in [4.78, 5) is 19.6. The molecule has 0 aliphatic carbocycles. The maximum atomic E-state index is 12.9. The fraction of sp³-hybridized carbons (Fsp3) is 0.300. The molecule has 1 saturated heterocycles. The molecule has 0 unspecified atom stereocenters. The molecule has 1 aliphatic rings. The van der Waals surface area contributed by atoms with Gasteiger partial charge in [0.1, 0.15) is 5.75 Å². The van der Waals surface area contributed by atoms with E-state index >= 15 is 0 Å². The van der Waals surface area contributed by atoms with Crippen LogP contribution >= 0.6 is 23.4 Å². The minimum absolute atomic E-state index is 0.0365. The fourth-order valence-electron chi connectivity index (χ4n) is 3.58. The molecule has 1 aromatic carbocycles. The molecular formula is C20H21ClN4O2S. The number of ether oxygens (including phenoxy) is 1. The van der Waals surface area contributed by atoms with Gasteiger partial charge in [-0.2, -0.15) is 0 Å². The number of nitrogens with zero attached hydrogens (tertiary/aromatic N) is 3. The van der Waals surface area contributed by atoms with Crippen molar-refractivity contribution in [1.82, 2.24) is 14.7 Å². The highest BCUT2D eigenvalue weighted by molar-refractivity contribution is 7.98. The van der Waals surface area contributed by atoms with Crippen LogP contribution in [0, 0.1) is 0 Å². The van der Waals surface area contributed by atoms with Crippen LogP contribution < -0.4 is 15.0 Å². The number of carbonyl (C=O) groups excluding carboxylic acids is 1. The number of methoxy groups -OCH3 is 1. The molecule has 3 heterocycles. The molecule has 0 radical (unpaired) electrons. The minimum atomic E-state index is -0.145. The van der Waals surface area contributed by atoms with E-state index in [2.05, 4.69) is 15.2 Å². The first-order valence-corrected chi connectivity index (χ1v) is 10.6.